The first-order valence-electron chi connectivity index (χ1n) is 9.46. The zero-order valence-electron chi connectivity index (χ0n) is 16.4. The number of anilines is 2. The Morgan fingerprint density at radius 1 is 1.03 bits per heavy atom. The summed E-state index contributed by atoms with van der Waals surface area (Å²) in [6.07, 6.45) is 2.08. The number of hydrogen-bond acceptors (Lipinski definition) is 6. The summed E-state index contributed by atoms with van der Waals surface area (Å²) in [6.45, 7) is 1.65. The van der Waals surface area contributed by atoms with E-state index < -0.39 is 11.5 Å². The number of amides is 1. The molecular formula is C22H22N2O5. The Balaban J connectivity index is 1.78. The van der Waals surface area contributed by atoms with Crippen LogP contribution in [0, 0.1) is 0 Å². The Kier molecular flexibility index (Phi) is 5.12. The van der Waals surface area contributed by atoms with Gasteiger partial charge in [0, 0.05) is 24.0 Å². The minimum Gasteiger partial charge on any atom is -0.493 e. The lowest BCUT2D eigenvalue weighted by Crippen LogP contribution is -2.25. The van der Waals surface area contributed by atoms with Gasteiger partial charge in [0.05, 0.1) is 19.9 Å². The van der Waals surface area contributed by atoms with Crippen LogP contribution in [-0.4, -0.2) is 33.2 Å². The predicted octanol–water partition coefficient (Wildman–Crippen LogP) is 3.66. The van der Waals surface area contributed by atoms with Crippen molar-refractivity contribution in [1.82, 2.24) is 0 Å². The number of hydrogen-bond donors (Lipinski definition) is 1. The number of carbonyl (C=O) groups is 1. The van der Waals surface area contributed by atoms with Gasteiger partial charge in [-0.25, -0.2) is 4.79 Å². The van der Waals surface area contributed by atoms with Crippen LogP contribution in [0.1, 0.15) is 23.2 Å². The lowest BCUT2D eigenvalue weighted by Gasteiger charge is -2.22. The molecule has 0 unspecified atom stereocenters. The monoisotopic (exact) mass is 394 g/mol. The SMILES string of the molecule is COc1ccc(C(=O)Nc2c(N3CCCC3)c3ccccc3oc2=O)cc1OC. The summed E-state index contributed by atoms with van der Waals surface area (Å²) < 4.78 is 16.0. The molecule has 7 heteroatoms. The fourth-order valence-electron chi connectivity index (χ4n) is 3.68. The number of benzene rings is 2. The number of methoxy groups -OCH3 is 2. The van der Waals surface area contributed by atoms with Crippen molar-refractivity contribution in [2.24, 2.45) is 0 Å². The molecule has 0 aliphatic carbocycles. The molecule has 1 saturated heterocycles. The molecule has 1 fully saturated rings. The second kappa shape index (κ2) is 7.87. The molecule has 0 saturated carbocycles. The molecule has 150 valence electrons. The van der Waals surface area contributed by atoms with Crippen LogP contribution < -0.4 is 25.3 Å². The highest BCUT2D eigenvalue weighted by Gasteiger charge is 2.24. The van der Waals surface area contributed by atoms with Crippen molar-refractivity contribution < 1.29 is 18.7 Å². The van der Waals surface area contributed by atoms with Gasteiger partial charge in [-0.15, -0.1) is 0 Å². The fraction of sp³-hybridized carbons (Fsp3) is 0.273. The van der Waals surface area contributed by atoms with Crippen molar-refractivity contribution >= 4 is 28.3 Å². The molecule has 7 nitrogen and oxygen atoms in total. The van der Waals surface area contributed by atoms with Crippen LogP contribution in [0.5, 0.6) is 11.5 Å². The number of para-hydroxylation sites is 1. The molecule has 0 spiro atoms. The summed E-state index contributed by atoms with van der Waals surface area (Å²) in [4.78, 5) is 27.8. The van der Waals surface area contributed by atoms with Gasteiger partial charge in [0.1, 0.15) is 5.58 Å². The van der Waals surface area contributed by atoms with Gasteiger partial charge in [-0.1, -0.05) is 12.1 Å². The summed E-state index contributed by atoms with van der Waals surface area (Å²) in [5, 5.41) is 3.57. The highest BCUT2D eigenvalue weighted by molar-refractivity contribution is 6.09. The first-order chi connectivity index (χ1) is 14.1. The first kappa shape index (κ1) is 18.9. The van der Waals surface area contributed by atoms with Crippen molar-refractivity contribution in [3.63, 3.8) is 0 Å². The van der Waals surface area contributed by atoms with E-state index in [1.165, 1.54) is 14.2 Å². The van der Waals surface area contributed by atoms with Crippen molar-refractivity contribution in [2.45, 2.75) is 12.8 Å². The highest BCUT2D eigenvalue weighted by atomic mass is 16.5. The van der Waals surface area contributed by atoms with E-state index in [0.717, 1.165) is 31.3 Å². The van der Waals surface area contributed by atoms with Gasteiger partial charge >= 0.3 is 5.63 Å². The first-order valence-corrected chi connectivity index (χ1v) is 9.46. The average Bonchev–Trinajstić information content (AvgIpc) is 3.28. The van der Waals surface area contributed by atoms with Crippen molar-refractivity contribution in [1.29, 1.82) is 0 Å². The molecule has 0 bridgehead atoms. The quantitative estimate of drug-likeness (QED) is 0.665. The Bertz CT molecular complexity index is 1120. The molecule has 0 radical (unpaired) electrons. The van der Waals surface area contributed by atoms with Gasteiger partial charge in [-0.05, 0) is 43.2 Å². The van der Waals surface area contributed by atoms with Crippen LogP contribution in [0.2, 0.25) is 0 Å². The van der Waals surface area contributed by atoms with Crippen molar-refractivity contribution in [3.05, 3.63) is 58.4 Å². The Morgan fingerprint density at radius 2 is 1.76 bits per heavy atom. The van der Waals surface area contributed by atoms with Gasteiger partial charge in [0.15, 0.2) is 17.2 Å². The molecule has 1 N–H and O–H groups in total. The van der Waals surface area contributed by atoms with Crippen LogP contribution in [0.25, 0.3) is 11.0 Å². The van der Waals surface area contributed by atoms with Gasteiger partial charge < -0.3 is 24.1 Å². The molecule has 1 aliphatic heterocycles. The maximum atomic E-state index is 12.9. The van der Waals surface area contributed by atoms with Crippen LogP contribution >= 0.6 is 0 Å². The molecule has 2 aromatic carbocycles. The number of carbonyl (C=O) groups excluding carboxylic acids is 1. The third-order valence-electron chi connectivity index (χ3n) is 5.09. The largest absolute Gasteiger partial charge is 0.493 e. The van der Waals surface area contributed by atoms with E-state index >= 15 is 0 Å². The minimum absolute atomic E-state index is 0.158. The molecule has 2 heterocycles. The van der Waals surface area contributed by atoms with E-state index in [2.05, 4.69) is 10.2 Å². The van der Waals surface area contributed by atoms with E-state index in [1.807, 2.05) is 18.2 Å². The minimum atomic E-state index is -0.570. The molecular weight excluding hydrogens is 372 g/mol. The summed E-state index contributed by atoms with van der Waals surface area (Å²) >= 11 is 0. The lowest BCUT2D eigenvalue weighted by molar-refractivity contribution is 0.102. The van der Waals surface area contributed by atoms with E-state index in [4.69, 9.17) is 13.9 Å². The summed E-state index contributed by atoms with van der Waals surface area (Å²) in [5.41, 5.74) is 1.15. The molecule has 1 amide bonds. The second-order valence-corrected chi connectivity index (χ2v) is 6.83. The standard InChI is InChI=1S/C22H22N2O5/c1-27-17-10-9-14(13-18(17)28-2)21(25)23-19-20(24-11-5-6-12-24)15-7-3-4-8-16(15)29-22(19)26/h3-4,7-10,13H,5-6,11-12H2,1-2H3,(H,23,25). The average molecular weight is 394 g/mol. The number of rotatable bonds is 5. The zero-order valence-corrected chi connectivity index (χ0v) is 16.4. The third-order valence-corrected chi connectivity index (χ3v) is 5.09. The van der Waals surface area contributed by atoms with Crippen molar-refractivity contribution in [3.8, 4) is 11.5 Å². The number of nitrogens with one attached hydrogen (secondary N) is 1. The summed E-state index contributed by atoms with van der Waals surface area (Å²) in [6, 6.07) is 12.2. The van der Waals surface area contributed by atoms with E-state index in [0.29, 0.717) is 28.3 Å². The maximum Gasteiger partial charge on any atom is 0.362 e. The van der Waals surface area contributed by atoms with E-state index in [-0.39, 0.29) is 5.69 Å². The van der Waals surface area contributed by atoms with Gasteiger partial charge in [0.25, 0.3) is 5.91 Å². The van der Waals surface area contributed by atoms with Gasteiger partial charge in [-0.3, -0.25) is 4.79 Å². The Labute approximate surface area is 167 Å². The van der Waals surface area contributed by atoms with Crippen molar-refractivity contribution in [2.75, 3.05) is 37.5 Å². The van der Waals surface area contributed by atoms with Crippen LogP contribution in [-0.2, 0) is 0 Å². The normalized spacial score (nSPS) is 13.5. The lowest BCUT2D eigenvalue weighted by atomic mass is 10.1. The number of nitrogens with zero attached hydrogens (tertiary/aromatic N) is 1. The van der Waals surface area contributed by atoms with Crippen LogP contribution in [0.3, 0.4) is 0 Å². The van der Waals surface area contributed by atoms with Gasteiger partial charge in [0.2, 0.25) is 0 Å². The van der Waals surface area contributed by atoms with Gasteiger partial charge in [-0.2, -0.15) is 0 Å². The summed E-state index contributed by atoms with van der Waals surface area (Å²) in [7, 11) is 3.03. The molecule has 1 aliphatic rings. The van der Waals surface area contributed by atoms with Crippen LogP contribution in [0.4, 0.5) is 11.4 Å². The topological polar surface area (TPSA) is 81.0 Å². The zero-order chi connectivity index (χ0) is 20.4. The smallest absolute Gasteiger partial charge is 0.362 e. The van der Waals surface area contributed by atoms with Crippen LogP contribution in [0.15, 0.2) is 51.7 Å². The summed E-state index contributed by atoms with van der Waals surface area (Å²) in [5.74, 6) is 0.534. The Hall–Kier alpha value is -3.48. The fourth-order valence-corrected chi connectivity index (χ4v) is 3.68. The Morgan fingerprint density at radius 3 is 2.48 bits per heavy atom. The molecule has 4 rings (SSSR count). The molecule has 3 aromatic rings. The third kappa shape index (κ3) is 3.51. The highest BCUT2D eigenvalue weighted by Crippen LogP contribution is 2.35. The molecule has 1 aromatic heterocycles. The number of ether oxygens (including phenoxy) is 2. The maximum absolute atomic E-state index is 12.9. The second-order valence-electron chi connectivity index (χ2n) is 6.83. The molecule has 0 atom stereocenters. The van der Waals surface area contributed by atoms with E-state index in [1.54, 1.807) is 24.3 Å². The number of fused-ring (bicyclic) bond motifs is 1. The predicted molar refractivity (Wildman–Crippen MR) is 111 cm³/mol. The van der Waals surface area contributed by atoms with E-state index in [9.17, 15) is 9.59 Å². The molecule has 29 heavy (non-hydrogen) atoms.